The van der Waals surface area contributed by atoms with E-state index >= 15 is 0 Å². The fraction of sp³-hybridized carbons (Fsp3) is 0.444. The van der Waals surface area contributed by atoms with Crippen molar-refractivity contribution in [3.8, 4) is 0 Å². The second-order valence-electron chi connectivity index (χ2n) is 6.06. The van der Waals surface area contributed by atoms with Gasteiger partial charge < -0.3 is 15.0 Å². The van der Waals surface area contributed by atoms with E-state index in [1.165, 1.54) is 0 Å². The number of piperidine rings is 1. The lowest BCUT2D eigenvalue weighted by molar-refractivity contribution is -0.133. The Labute approximate surface area is 146 Å². The zero-order valence-electron chi connectivity index (χ0n) is 13.8. The summed E-state index contributed by atoms with van der Waals surface area (Å²) in [4.78, 5) is 18.4. The van der Waals surface area contributed by atoms with Gasteiger partial charge in [0.2, 0.25) is 5.91 Å². The van der Waals surface area contributed by atoms with Crippen molar-refractivity contribution in [2.24, 2.45) is 0 Å². The molecule has 1 N–H and O–H groups in total. The first-order valence-corrected chi connectivity index (χ1v) is 8.63. The Morgan fingerprint density at radius 1 is 1.38 bits per heavy atom. The van der Waals surface area contributed by atoms with Crippen LogP contribution in [0.5, 0.6) is 0 Å². The fourth-order valence-electron chi connectivity index (χ4n) is 3.06. The maximum atomic E-state index is 12.0. The third kappa shape index (κ3) is 3.97. The number of nitrogens with one attached hydrogen (secondary N) is 1. The third-order valence-corrected chi connectivity index (χ3v) is 4.70. The molecule has 1 aliphatic rings. The molecule has 0 radical (unpaired) electrons. The molecule has 1 fully saturated rings. The van der Waals surface area contributed by atoms with E-state index < -0.39 is 0 Å². The summed E-state index contributed by atoms with van der Waals surface area (Å²) in [5.74, 6) is 0.963. The highest BCUT2D eigenvalue weighted by molar-refractivity contribution is 6.34. The number of amides is 1. The van der Waals surface area contributed by atoms with Crippen LogP contribution in [-0.4, -0.2) is 48.6 Å². The first-order chi connectivity index (χ1) is 11.7. The predicted octanol–water partition coefficient (Wildman–Crippen LogP) is 3.33. The lowest BCUT2D eigenvalue weighted by Crippen LogP contribution is -2.42. The number of hydrogen-bond acceptors (Lipinski definition) is 4. The average molecular weight is 348 g/mol. The number of halogens is 1. The van der Waals surface area contributed by atoms with Crippen LogP contribution < -0.4 is 5.32 Å². The topological polar surface area (TPSA) is 54.5 Å². The number of anilines is 1. The number of benzene rings is 1. The second-order valence-corrected chi connectivity index (χ2v) is 6.42. The zero-order valence-corrected chi connectivity index (χ0v) is 14.6. The number of hydrogen-bond donors (Lipinski definition) is 1. The number of fused-ring (bicyclic) bond motifs is 1. The van der Waals surface area contributed by atoms with Gasteiger partial charge in [0.25, 0.3) is 0 Å². The molecule has 1 amide bonds. The Balaban J connectivity index is 1.59. The summed E-state index contributed by atoms with van der Waals surface area (Å²) in [7, 11) is 1.62. The van der Waals surface area contributed by atoms with Crippen molar-refractivity contribution < 1.29 is 9.53 Å². The molecule has 2 aromatic rings. The van der Waals surface area contributed by atoms with Crippen molar-refractivity contribution in [3.63, 3.8) is 0 Å². The smallest absolute Gasteiger partial charge is 0.224 e. The minimum atomic E-state index is 0.169. The van der Waals surface area contributed by atoms with E-state index in [0.717, 1.165) is 42.5 Å². The molecule has 2 heterocycles. The lowest BCUT2D eigenvalue weighted by atomic mass is 10.0. The average Bonchev–Trinajstić information content (AvgIpc) is 2.60. The lowest BCUT2D eigenvalue weighted by Gasteiger charge is -2.32. The van der Waals surface area contributed by atoms with Gasteiger partial charge in [-0.25, -0.2) is 4.98 Å². The van der Waals surface area contributed by atoms with Crippen LogP contribution in [0.4, 0.5) is 5.82 Å². The van der Waals surface area contributed by atoms with Gasteiger partial charge in [0.15, 0.2) is 0 Å². The molecular formula is C18H22ClN3O2. The molecule has 128 valence electrons. The molecule has 0 spiro atoms. The molecule has 0 unspecified atom stereocenters. The SMILES string of the molecule is COCCC(=O)N1CCC(Nc2cc3ccccc3c(Cl)n2)CC1. The molecule has 1 aromatic heterocycles. The van der Waals surface area contributed by atoms with Crippen molar-refractivity contribution in [3.05, 3.63) is 35.5 Å². The summed E-state index contributed by atoms with van der Waals surface area (Å²) in [5, 5.41) is 6.01. The molecule has 1 aromatic carbocycles. The molecule has 3 rings (SSSR count). The Bertz CT molecular complexity index is 714. The summed E-state index contributed by atoms with van der Waals surface area (Å²) >= 11 is 6.28. The summed E-state index contributed by atoms with van der Waals surface area (Å²) in [6.45, 7) is 2.01. The van der Waals surface area contributed by atoms with E-state index in [1.807, 2.05) is 35.2 Å². The van der Waals surface area contributed by atoms with E-state index in [9.17, 15) is 4.79 Å². The molecular weight excluding hydrogens is 326 g/mol. The number of aromatic nitrogens is 1. The molecule has 6 heteroatoms. The Morgan fingerprint density at radius 3 is 2.88 bits per heavy atom. The molecule has 24 heavy (non-hydrogen) atoms. The van der Waals surface area contributed by atoms with Gasteiger partial charge in [-0.15, -0.1) is 0 Å². The highest BCUT2D eigenvalue weighted by atomic mass is 35.5. The summed E-state index contributed by atoms with van der Waals surface area (Å²) in [6, 6.07) is 10.3. The quantitative estimate of drug-likeness (QED) is 0.843. The van der Waals surface area contributed by atoms with Crippen LogP contribution in [0.3, 0.4) is 0 Å². The van der Waals surface area contributed by atoms with E-state index in [1.54, 1.807) is 7.11 Å². The van der Waals surface area contributed by atoms with Gasteiger partial charge in [-0.1, -0.05) is 35.9 Å². The van der Waals surface area contributed by atoms with Crippen LogP contribution >= 0.6 is 11.6 Å². The number of carbonyl (C=O) groups excluding carboxylic acids is 1. The molecule has 0 saturated carbocycles. The van der Waals surface area contributed by atoms with E-state index in [0.29, 0.717) is 24.2 Å². The van der Waals surface area contributed by atoms with Gasteiger partial charge in [0.05, 0.1) is 13.0 Å². The van der Waals surface area contributed by atoms with Gasteiger partial charge in [0, 0.05) is 31.6 Å². The number of ether oxygens (including phenoxy) is 1. The van der Waals surface area contributed by atoms with Crippen LogP contribution in [0.1, 0.15) is 19.3 Å². The van der Waals surface area contributed by atoms with Gasteiger partial charge >= 0.3 is 0 Å². The molecule has 5 nitrogen and oxygen atoms in total. The van der Waals surface area contributed by atoms with Crippen molar-refractivity contribution >= 4 is 34.1 Å². The summed E-state index contributed by atoms with van der Waals surface area (Å²) < 4.78 is 4.97. The first kappa shape index (κ1) is 17.0. The molecule has 0 atom stereocenters. The Kier molecular flexibility index (Phi) is 5.53. The number of methoxy groups -OCH3 is 1. The maximum Gasteiger partial charge on any atom is 0.224 e. The Hall–Kier alpha value is -1.85. The monoisotopic (exact) mass is 347 g/mol. The number of nitrogens with zero attached hydrogens (tertiary/aromatic N) is 2. The summed E-state index contributed by atoms with van der Waals surface area (Å²) in [6.07, 6.45) is 2.27. The third-order valence-electron chi connectivity index (χ3n) is 4.41. The van der Waals surface area contributed by atoms with Crippen molar-refractivity contribution in [2.45, 2.75) is 25.3 Å². The minimum Gasteiger partial charge on any atom is -0.384 e. The van der Waals surface area contributed by atoms with Gasteiger partial charge in [-0.3, -0.25) is 4.79 Å². The van der Waals surface area contributed by atoms with Crippen LogP contribution in [0.2, 0.25) is 5.15 Å². The first-order valence-electron chi connectivity index (χ1n) is 8.26. The van der Waals surface area contributed by atoms with Crippen LogP contribution in [-0.2, 0) is 9.53 Å². The largest absolute Gasteiger partial charge is 0.384 e. The fourth-order valence-corrected chi connectivity index (χ4v) is 3.32. The van der Waals surface area contributed by atoms with E-state index in [-0.39, 0.29) is 5.91 Å². The van der Waals surface area contributed by atoms with Crippen molar-refractivity contribution in [1.29, 1.82) is 0 Å². The highest BCUT2D eigenvalue weighted by Gasteiger charge is 2.22. The zero-order chi connectivity index (χ0) is 16.9. The van der Waals surface area contributed by atoms with Gasteiger partial charge in [-0.2, -0.15) is 0 Å². The molecule has 0 aliphatic carbocycles. The molecule has 0 bridgehead atoms. The Morgan fingerprint density at radius 2 is 2.12 bits per heavy atom. The standard InChI is InChI=1S/C18H22ClN3O2/c1-24-11-8-17(23)22-9-6-14(7-10-22)20-16-12-13-4-2-3-5-15(13)18(19)21-16/h2-5,12,14H,6-11H2,1H3,(H,20,21). The van der Waals surface area contributed by atoms with Crippen molar-refractivity contribution in [1.82, 2.24) is 9.88 Å². The highest BCUT2D eigenvalue weighted by Crippen LogP contribution is 2.25. The number of rotatable bonds is 5. The maximum absolute atomic E-state index is 12.0. The normalized spacial score (nSPS) is 15.7. The van der Waals surface area contributed by atoms with Crippen LogP contribution in [0.15, 0.2) is 30.3 Å². The van der Waals surface area contributed by atoms with Crippen molar-refractivity contribution in [2.75, 3.05) is 32.1 Å². The second kappa shape index (κ2) is 7.81. The number of pyridine rings is 1. The number of likely N-dealkylation sites (tertiary alicyclic amines) is 1. The minimum absolute atomic E-state index is 0.169. The molecule has 1 aliphatic heterocycles. The van der Waals surface area contributed by atoms with E-state index in [2.05, 4.69) is 10.3 Å². The van der Waals surface area contributed by atoms with Crippen LogP contribution in [0, 0.1) is 0 Å². The van der Waals surface area contributed by atoms with E-state index in [4.69, 9.17) is 16.3 Å². The predicted molar refractivity (Wildman–Crippen MR) is 96.5 cm³/mol. The van der Waals surface area contributed by atoms with Gasteiger partial charge in [-0.05, 0) is 24.3 Å². The number of carbonyl (C=O) groups is 1. The summed E-state index contributed by atoms with van der Waals surface area (Å²) in [5.41, 5.74) is 0. The van der Waals surface area contributed by atoms with Crippen LogP contribution in [0.25, 0.3) is 10.8 Å². The molecule has 1 saturated heterocycles. The van der Waals surface area contributed by atoms with Gasteiger partial charge in [0.1, 0.15) is 11.0 Å².